The van der Waals surface area contributed by atoms with Gasteiger partial charge in [0.1, 0.15) is 5.82 Å². The number of carbonyl (C=O) groups is 1. The van der Waals surface area contributed by atoms with Crippen LogP contribution < -0.4 is 16.3 Å². The van der Waals surface area contributed by atoms with Crippen molar-refractivity contribution in [3.8, 4) is 5.69 Å². The van der Waals surface area contributed by atoms with Crippen LogP contribution in [0.15, 0.2) is 47.3 Å². The Labute approximate surface area is 167 Å². The molecular weight excluding hydrogens is 415 g/mol. The SMILES string of the molecule is Cc1nn(-c2cc(NC(=O)Nc3ccc(Cl)cc3)ccc2Cl)c(=O)n1C(F)F. The monoisotopic (exact) mass is 427 g/mol. The number of rotatable bonds is 4. The molecule has 11 heteroatoms. The van der Waals surface area contributed by atoms with Gasteiger partial charge in [0, 0.05) is 16.4 Å². The molecule has 0 atom stereocenters. The minimum atomic E-state index is -3.04. The molecule has 0 aliphatic rings. The summed E-state index contributed by atoms with van der Waals surface area (Å²) in [5.74, 6) is -0.171. The second-order valence-electron chi connectivity index (χ2n) is 5.64. The predicted molar refractivity (Wildman–Crippen MR) is 103 cm³/mol. The highest BCUT2D eigenvalue weighted by atomic mass is 35.5. The number of anilines is 2. The number of amides is 2. The Hall–Kier alpha value is -2.91. The summed E-state index contributed by atoms with van der Waals surface area (Å²) in [6.07, 6.45) is 0. The molecule has 0 spiro atoms. The van der Waals surface area contributed by atoms with Gasteiger partial charge in [-0.3, -0.25) is 0 Å². The maximum absolute atomic E-state index is 13.0. The summed E-state index contributed by atoms with van der Waals surface area (Å²) in [4.78, 5) is 24.3. The summed E-state index contributed by atoms with van der Waals surface area (Å²) in [6.45, 7) is -1.76. The molecule has 3 rings (SSSR count). The Morgan fingerprint density at radius 2 is 1.68 bits per heavy atom. The number of hydrogen-bond acceptors (Lipinski definition) is 3. The topological polar surface area (TPSA) is 81.0 Å². The zero-order valence-electron chi connectivity index (χ0n) is 14.3. The van der Waals surface area contributed by atoms with Gasteiger partial charge < -0.3 is 10.6 Å². The predicted octanol–water partition coefficient (Wildman–Crippen LogP) is 4.69. The van der Waals surface area contributed by atoms with Crippen LogP contribution in [0.1, 0.15) is 12.4 Å². The van der Waals surface area contributed by atoms with Crippen LogP contribution in [0.25, 0.3) is 5.69 Å². The summed E-state index contributed by atoms with van der Waals surface area (Å²) < 4.78 is 27.0. The zero-order valence-corrected chi connectivity index (χ0v) is 15.8. The van der Waals surface area contributed by atoms with Gasteiger partial charge >= 0.3 is 18.3 Å². The van der Waals surface area contributed by atoms with Crippen molar-refractivity contribution in [2.24, 2.45) is 0 Å². The molecule has 0 saturated carbocycles. The van der Waals surface area contributed by atoms with E-state index in [1.807, 2.05) is 0 Å². The van der Waals surface area contributed by atoms with E-state index >= 15 is 0 Å². The normalized spacial score (nSPS) is 10.9. The minimum Gasteiger partial charge on any atom is -0.308 e. The summed E-state index contributed by atoms with van der Waals surface area (Å²) in [7, 11) is 0. The zero-order chi connectivity index (χ0) is 20.4. The largest absolute Gasteiger partial charge is 0.355 e. The fourth-order valence-corrected chi connectivity index (χ4v) is 2.76. The summed E-state index contributed by atoms with van der Waals surface area (Å²) in [5.41, 5.74) is -0.198. The van der Waals surface area contributed by atoms with E-state index in [2.05, 4.69) is 15.7 Å². The highest BCUT2D eigenvalue weighted by Gasteiger charge is 2.20. The Bertz CT molecular complexity index is 1080. The third kappa shape index (κ3) is 4.15. The summed E-state index contributed by atoms with van der Waals surface area (Å²) in [5, 5.41) is 9.62. The van der Waals surface area contributed by atoms with Crippen molar-refractivity contribution in [2.75, 3.05) is 10.6 Å². The molecule has 1 aromatic heterocycles. The Morgan fingerprint density at radius 1 is 1.07 bits per heavy atom. The van der Waals surface area contributed by atoms with Crippen molar-refractivity contribution in [1.82, 2.24) is 14.3 Å². The second kappa shape index (κ2) is 7.99. The lowest BCUT2D eigenvalue weighted by atomic mass is 10.2. The smallest absolute Gasteiger partial charge is 0.308 e. The van der Waals surface area contributed by atoms with Gasteiger partial charge in [0.05, 0.1) is 10.7 Å². The van der Waals surface area contributed by atoms with Gasteiger partial charge in [-0.25, -0.2) is 14.2 Å². The van der Waals surface area contributed by atoms with Crippen LogP contribution in [0.3, 0.4) is 0 Å². The molecule has 0 fully saturated rings. The molecule has 28 heavy (non-hydrogen) atoms. The van der Waals surface area contributed by atoms with Crippen molar-refractivity contribution in [2.45, 2.75) is 13.5 Å². The molecule has 1 heterocycles. The number of nitrogens with one attached hydrogen (secondary N) is 2. The van der Waals surface area contributed by atoms with Gasteiger partial charge in [-0.1, -0.05) is 23.2 Å². The van der Waals surface area contributed by atoms with Crippen LogP contribution in [0.5, 0.6) is 0 Å². The Balaban J connectivity index is 1.86. The van der Waals surface area contributed by atoms with Gasteiger partial charge in [-0.2, -0.15) is 13.5 Å². The standard InChI is InChI=1S/C17H13Cl2F2N5O2/c1-9-24-26(17(28)25(9)15(20)21)14-8-12(6-7-13(14)19)23-16(27)22-11-4-2-10(18)3-5-11/h2-8,15H,1H3,(H2,22,23,27). The number of halogens is 4. The fourth-order valence-electron chi connectivity index (χ4n) is 2.44. The van der Waals surface area contributed by atoms with Gasteiger partial charge in [0.25, 0.3) is 0 Å². The van der Waals surface area contributed by atoms with E-state index in [-0.39, 0.29) is 26.8 Å². The number of benzene rings is 2. The number of carbonyl (C=O) groups excluding carboxylic acids is 1. The molecule has 0 bridgehead atoms. The molecule has 0 unspecified atom stereocenters. The Morgan fingerprint density at radius 3 is 2.29 bits per heavy atom. The lowest BCUT2D eigenvalue weighted by Gasteiger charge is -2.10. The van der Waals surface area contributed by atoms with Gasteiger partial charge in [0.15, 0.2) is 0 Å². The first-order valence-corrected chi connectivity index (χ1v) is 8.61. The first-order chi connectivity index (χ1) is 13.3. The molecule has 2 aromatic carbocycles. The average molecular weight is 428 g/mol. The van der Waals surface area contributed by atoms with Gasteiger partial charge in [-0.15, -0.1) is 5.10 Å². The first kappa shape index (κ1) is 19.8. The first-order valence-electron chi connectivity index (χ1n) is 7.86. The van der Waals surface area contributed by atoms with E-state index < -0.39 is 18.3 Å². The maximum Gasteiger partial charge on any atom is 0.355 e. The number of hydrogen-bond donors (Lipinski definition) is 2. The molecule has 7 nitrogen and oxygen atoms in total. The van der Waals surface area contributed by atoms with Crippen molar-refractivity contribution in [3.05, 3.63) is 68.8 Å². The number of nitrogens with zero attached hydrogens (tertiary/aromatic N) is 3. The molecule has 3 aromatic rings. The molecular formula is C17H13Cl2F2N5O2. The highest BCUT2D eigenvalue weighted by Crippen LogP contribution is 2.24. The quantitative estimate of drug-likeness (QED) is 0.633. The van der Waals surface area contributed by atoms with Crippen molar-refractivity contribution < 1.29 is 13.6 Å². The van der Waals surface area contributed by atoms with Crippen LogP contribution in [0.2, 0.25) is 10.0 Å². The number of aromatic nitrogens is 3. The minimum absolute atomic E-state index is 0.0541. The fraction of sp³-hybridized carbons (Fsp3) is 0.118. The molecule has 2 amide bonds. The molecule has 2 N–H and O–H groups in total. The average Bonchev–Trinajstić information content (AvgIpc) is 2.93. The highest BCUT2D eigenvalue weighted by molar-refractivity contribution is 6.32. The van der Waals surface area contributed by atoms with E-state index in [1.54, 1.807) is 24.3 Å². The molecule has 0 radical (unpaired) electrons. The number of urea groups is 1. The van der Waals surface area contributed by atoms with Crippen LogP contribution in [-0.4, -0.2) is 20.4 Å². The van der Waals surface area contributed by atoms with Crippen LogP contribution in [0, 0.1) is 6.92 Å². The number of aryl methyl sites for hydroxylation is 1. The molecule has 0 aliphatic heterocycles. The van der Waals surface area contributed by atoms with Crippen LogP contribution in [0.4, 0.5) is 25.0 Å². The van der Waals surface area contributed by atoms with Crippen molar-refractivity contribution in [3.63, 3.8) is 0 Å². The lowest BCUT2D eigenvalue weighted by molar-refractivity contribution is 0.0640. The van der Waals surface area contributed by atoms with E-state index in [1.165, 1.54) is 25.1 Å². The summed E-state index contributed by atoms with van der Waals surface area (Å²) in [6, 6.07) is 10.2. The summed E-state index contributed by atoms with van der Waals surface area (Å²) >= 11 is 11.9. The van der Waals surface area contributed by atoms with Crippen molar-refractivity contribution in [1.29, 1.82) is 0 Å². The third-order valence-corrected chi connectivity index (χ3v) is 4.28. The molecule has 146 valence electrons. The van der Waals surface area contributed by atoms with E-state index in [4.69, 9.17) is 23.2 Å². The van der Waals surface area contributed by atoms with E-state index in [0.29, 0.717) is 10.7 Å². The van der Waals surface area contributed by atoms with Crippen molar-refractivity contribution >= 4 is 40.6 Å². The lowest BCUT2D eigenvalue weighted by Crippen LogP contribution is -2.25. The number of alkyl halides is 2. The Kier molecular flexibility index (Phi) is 5.66. The second-order valence-corrected chi connectivity index (χ2v) is 6.49. The molecule has 0 saturated heterocycles. The maximum atomic E-state index is 13.0. The molecule has 0 aliphatic carbocycles. The van der Waals surface area contributed by atoms with Gasteiger partial charge in [0.2, 0.25) is 0 Å². The third-order valence-electron chi connectivity index (χ3n) is 3.71. The van der Waals surface area contributed by atoms with Crippen LogP contribution >= 0.6 is 23.2 Å². The van der Waals surface area contributed by atoms with E-state index in [9.17, 15) is 18.4 Å². The van der Waals surface area contributed by atoms with E-state index in [0.717, 1.165) is 4.68 Å². The van der Waals surface area contributed by atoms with Gasteiger partial charge in [-0.05, 0) is 49.4 Å². The van der Waals surface area contributed by atoms with Crippen LogP contribution in [-0.2, 0) is 0 Å².